The van der Waals surface area contributed by atoms with Gasteiger partial charge in [0.1, 0.15) is 29.1 Å². The number of benzene rings is 1. The number of hydrazine groups is 1. The van der Waals surface area contributed by atoms with E-state index in [4.69, 9.17) is 25.9 Å². The minimum absolute atomic E-state index is 0.151. The van der Waals surface area contributed by atoms with Crippen molar-refractivity contribution in [1.29, 1.82) is 10.7 Å². The molecule has 160 valence electrons. The molecule has 0 saturated carbocycles. The topological polar surface area (TPSA) is 141 Å². The first-order valence-corrected chi connectivity index (χ1v) is 9.72. The summed E-state index contributed by atoms with van der Waals surface area (Å²) >= 11 is 0. The van der Waals surface area contributed by atoms with Gasteiger partial charge in [0.15, 0.2) is 0 Å². The van der Waals surface area contributed by atoms with E-state index in [1.54, 1.807) is 20.1 Å². The normalized spacial score (nSPS) is 20.2. The van der Waals surface area contributed by atoms with Crippen LogP contribution >= 0.6 is 0 Å². The highest BCUT2D eigenvalue weighted by Crippen LogP contribution is 2.41. The molecule has 9 nitrogen and oxygen atoms in total. The van der Waals surface area contributed by atoms with Crippen molar-refractivity contribution in [2.45, 2.75) is 32.2 Å². The number of rotatable bonds is 10. The highest BCUT2D eigenvalue weighted by atomic mass is 16.5. The maximum atomic E-state index is 8.87. The molecule has 1 aromatic carbocycles. The van der Waals surface area contributed by atoms with Crippen LogP contribution in [0, 0.1) is 16.7 Å². The largest absolute Gasteiger partial charge is 0.496 e. The Labute approximate surface area is 177 Å². The van der Waals surface area contributed by atoms with E-state index in [-0.39, 0.29) is 18.0 Å². The molecule has 0 bridgehead atoms. The van der Waals surface area contributed by atoms with Gasteiger partial charge in [-0.3, -0.25) is 4.99 Å². The lowest BCUT2D eigenvalue weighted by Crippen LogP contribution is -2.39. The molecule has 9 heteroatoms. The van der Waals surface area contributed by atoms with Gasteiger partial charge in [-0.05, 0) is 38.9 Å². The Kier molecular flexibility index (Phi) is 8.53. The molecule has 1 aliphatic heterocycles. The van der Waals surface area contributed by atoms with Crippen LogP contribution in [-0.4, -0.2) is 44.6 Å². The molecule has 0 aliphatic carbocycles. The highest BCUT2D eigenvalue weighted by Gasteiger charge is 2.39. The van der Waals surface area contributed by atoms with Gasteiger partial charge in [0.05, 0.1) is 43.3 Å². The third kappa shape index (κ3) is 5.89. The van der Waals surface area contributed by atoms with Gasteiger partial charge in [-0.2, -0.15) is 5.26 Å². The van der Waals surface area contributed by atoms with Crippen LogP contribution in [0.4, 0.5) is 0 Å². The molecule has 5 N–H and O–H groups in total. The van der Waals surface area contributed by atoms with Crippen molar-refractivity contribution in [2.75, 3.05) is 26.8 Å². The van der Waals surface area contributed by atoms with Crippen molar-refractivity contribution in [3.63, 3.8) is 0 Å². The smallest absolute Gasteiger partial charge is 0.136 e. The first-order chi connectivity index (χ1) is 14.5. The third-order valence-corrected chi connectivity index (χ3v) is 4.56. The van der Waals surface area contributed by atoms with Gasteiger partial charge in [-0.1, -0.05) is 12.1 Å². The van der Waals surface area contributed by atoms with E-state index in [0.29, 0.717) is 31.2 Å². The number of nitrogens with two attached hydrogens (primary N) is 1. The summed E-state index contributed by atoms with van der Waals surface area (Å²) in [5.74, 6) is 2.16. The van der Waals surface area contributed by atoms with Gasteiger partial charge in [-0.25, -0.2) is 10.4 Å². The van der Waals surface area contributed by atoms with E-state index in [1.807, 2.05) is 31.2 Å². The number of hydrogen-bond acceptors (Lipinski definition) is 8. The van der Waals surface area contributed by atoms with E-state index in [0.717, 1.165) is 17.7 Å². The van der Waals surface area contributed by atoms with Crippen molar-refractivity contribution in [1.82, 2.24) is 10.9 Å². The lowest BCUT2D eigenvalue weighted by atomic mass is 9.88. The second kappa shape index (κ2) is 11.1. The summed E-state index contributed by atoms with van der Waals surface area (Å²) in [7, 11) is 1.63. The first-order valence-electron chi connectivity index (χ1n) is 9.72. The monoisotopic (exact) mass is 411 g/mol. The molecular weight excluding hydrogens is 382 g/mol. The van der Waals surface area contributed by atoms with Crippen molar-refractivity contribution in [2.24, 2.45) is 15.7 Å². The maximum Gasteiger partial charge on any atom is 0.136 e. The molecule has 2 rings (SSSR count). The fourth-order valence-corrected chi connectivity index (χ4v) is 3.03. The first kappa shape index (κ1) is 23.1. The van der Waals surface area contributed by atoms with Gasteiger partial charge >= 0.3 is 0 Å². The van der Waals surface area contributed by atoms with Crippen LogP contribution in [0.15, 0.2) is 40.0 Å². The maximum absolute atomic E-state index is 8.87. The Hall–Kier alpha value is -3.22. The Morgan fingerprint density at radius 1 is 1.43 bits per heavy atom. The van der Waals surface area contributed by atoms with Crippen LogP contribution < -0.4 is 26.1 Å². The number of nitriles is 1. The number of methoxy groups -OCH3 is 1. The zero-order chi connectivity index (χ0) is 22.0. The Balaban J connectivity index is 2.15. The van der Waals surface area contributed by atoms with E-state index in [9.17, 15) is 0 Å². The molecule has 0 amide bonds. The lowest BCUT2D eigenvalue weighted by Gasteiger charge is -2.27. The van der Waals surface area contributed by atoms with Gasteiger partial charge in [0, 0.05) is 6.42 Å². The third-order valence-electron chi connectivity index (χ3n) is 4.56. The number of hydrogen-bond donors (Lipinski definition) is 4. The van der Waals surface area contributed by atoms with E-state index in [2.05, 4.69) is 20.8 Å². The zero-order valence-corrected chi connectivity index (χ0v) is 17.7. The number of amidine groups is 1. The van der Waals surface area contributed by atoms with E-state index >= 15 is 0 Å². The molecule has 0 radical (unpaired) electrons. The van der Waals surface area contributed by atoms with Crippen molar-refractivity contribution in [3.05, 3.63) is 35.5 Å². The molecule has 1 unspecified atom stereocenters. The number of nitrogens with one attached hydrogen (secondary N) is 3. The minimum atomic E-state index is -0.515. The standard InChI is InChI=1S/C21H29N7O2/c1-4-16(12-23)25-13-15(24)14-26-19-11-21(2,28-27-19)20-17(29-3)7-5-8-18(20)30-10-6-9-22/h4-5,7-8,13,24,28H,6,9-11,14,22H2,1-3H3,(H,26,27)/b16-4-,24-15?,25-13?. The fraction of sp³-hybridized carbons (Fsp3) is 0.429. The molecule has 30 heavy (non-hydrogen) atoms. The quantitative estimate of drug-likeness (QED) is 0.264. The Bertz CT molecular complexity index is 886. The summed E-state index contributed by atoms with van der Waals surface area (Å²) in [5.41, 5.74) is 12.8. The summed E-state index contributed by atoms with van der Waals surface area (Å²) in [4.78, 5) is 8.42. The Morgan fingerprint density at radius 3 is 2.87 bits per heavy atom. The molecule has 1 heterocycles. The van der Waals surface area contributed by atoms with Crippen LogP contribution in [0.2, 0.25) is 0 Å². The fourth-order valence-electron chi connectivity index (χ4n) is 3.03. The van der Waals surface area contributed by atoms with Gasteiger partial charge in [0.2, 0.25) is 0 Å². The van der Waals surface area contributed by atoms with E-state index < -0.39 is 5.54 Å². The molecule has 1 aromatic rings. The van der Waals surface area contributed by atoms with Crippen molar-refractivity contribution >= 4 is 17.8 Å². The average Bonchev–Trinajstić information content (AvgIpc) is 3.14. The average molecular weight is 412 g/mol. The molecule has 1 aliphatic rings. The van der Waals surface area contributed by atoms with Crippen LogP contribution in [0.3, 0.4) is 0 Å². The van der Waals surface area contributed by atoms with Crippen LogP contribution in [-0.2, 0) is 5.54 Å². The van der Waals surface area contributed by atoms with Gasteiger partial charge < -0.3 is 26.0 Å². The lowest BCUT2D eigenvalue weighted by molar-refractivity contribution is 0.287. The van der Waals surface area contributed by atoms with Crippen LogP contribution in [0.25, 0.3) is 0 Å². The second-order valence-electron chi connectivity index (χ2n) is 6.92. The minimum Gasteiger partial charge on any atom is -0.496 e. The molecule has 1 atom stereocenters. The van der Waals surface area contributed by atoms with E-state index in [1.165, 1.54) is 6.21 Å². The van der Waals surface area contributed by atoms with Crippen molar-refractivity contribution in [3.8, 4) is 17.6 Å². The summed E-state index contributed by atoms with van der Waals surface area (Å²) in [6.45, 7) is 4.99. The number of aliphatic imine (C=N–C) groups is 2. The predicted molar refractivity (Wildman–Crippen MR) is 118 cm³/mol. The number of allylic oxidation sites excluding steroid dienone is 2. The molecule has 1 fully saturated rings. The summed E-state index contributed by atoms with van der Waals surface area (Å²) < 4.78 is 11.5. The SMILES string of the molecule is C/C=C(/C#N)N=CC(=N)CN=C1CC(C)(c2c(OC)cccc2OCCCN)NN1. The summed E-state index contributed by atoms with van der Waals surface area (Å²) in [6.07, 6.45) is 4.25. The predicted octanol–water partition coefficient (Wildman–Crippen LogP) is 2.05. The summed E-state index contributed by atoms with van der Waals surface area (Å²) in [5, 5.41) is 16.8. The Morgan fingerprint density at radius 2 is 2.20 bits per heavy atom. The molecule has 1 saturated heterocycles. The number of ether oxygens (including phenoxy) is 2. The molecule has 0 aromatic heterocycles. The van der Waals surface area contributed by atoms with Crippen molar-refractivity contribution < 1.29 is 9.47 Å². The molecule has 0 spiro atoms. The number of nitrogens with zero attached hydrogens (tertiary/aromatic N) is 3. The summed E-state index contributed by atoms with van der Waals surface area (Å²) in [6, 6.07) is 7.65. The molecular formula is C21H29N7O2. The van der Waals surface area contributed by atoms with Crippen LogP contribution in [0.1, 0.15) is 32.3 Å². The zero-order valence-electron chi connectivity index (χ0n) is 17.7. The van der Waals surface area contributed by atoms with Crippen LogP contribution in [0.5, 0.6) is 11.5 Å². The highest BCUT2D eigenvalue weighted by molar-refractivity contribution is 6.30. The van der Waals surface area contributed by atoms with Gasteiger partial charge in [-0.15, -0.1) is 0 Å². The van der Waals surface area contributed by atoms with Gasteiger partial charge in [0.25, 0.3) is 0 Å². The second-order valence-corrected chi connectivity index (χ2v) is 6.92.